The van der Waals surface area contributed by atoms with Crippen LogP contribution >= 0.6 is 11.8 Å². The minimum absolute atomic E-state index is 0.272. The second kappa shape index (κ2) is 6.50. The SMILES string of the molecule is CCSCCN1CCN(C2CCNCC2)C1=O. The van der Waals surface area contributed by atoms with Gasteiger partial charge >= 0.3 is 6.03 Å². The number of hydrogen-bond donors (Lipinski definition) is 1. The summed E-state index contributed by atoms with van der Waals surface area (Å²) in [6.45, 7) is 7.05. The number of thioether (sulfide) groups is 1. The molecule has 0 saturated carbocycles. The molecule has 4 nitrogen and oxygen atoms in total. The maximum absolute atomic E-state index is 12.2. The number of amides is 2. The molecule has 2 amide bonds. The number of nitrogens with one attached hydrogen (secondary N) is 1. The van der Waals surface area contributed by atoms with Crippen LogP contribution in [0.1, 0.15) is 19.8 Å². The van der Waals surface area contributed by atoms with Crippen LogP contribution in [-0.4, -0.2) is 66.1 Å². The van der Waals surface area contributed by atoms with Crippen LogP contribution < -0.4 is 5.32 Å². The second-order valence-electron chi connectivity index (χ2n) is 4.64. The van der Waals surface area contributed by atoms with E-state index in [1.807, 2.05) is 16.7 Å². The molecule has 0 aliphatic carbocycles. The third-order valence-corrected chi connectivity index (χ3v) is 4.47. The Morgan fingerprint density at radius 2 is 2.12 bits per heavy atom. The molecule has 1 N–H and O–H groups in total. The molecule has 0 aromatic carbocycles. The van der Waals surface area contributed by atoms with E-state index >= 15 is 0 Å². The van der Waals surface area contributed by atoms with E-state index < -0.39 is 0 Å². The zero-order chi connectivity index (χ0) is 12.1. The zero-order valence-electron chi connectivity index (χ0n) is 10.7. The van der Waals surface area contributed by atoms with Crippen LogP contribution in [0.2, 0.25) is 0 Å². The number of hydrogen-bond acceptors (Lipinski definition) is 3. The molecule has 2 aliphatic heterocycles. The van der Waals surface area contributed by atoms with Gasteiger partial charge in [-0.3, -0.25) is 0 Å². The summed E-state index contributed by atoms with van der Waals surface area (Å²) in [4.78, 5) is 16.3. The van der Waals surface area contributed by atoms with Gasteiger partial charge in [0.1, 0.15) is 0 Å². The highest BCUT2D eigenvalue weighted by atomic mass is 32.2. The predicted molar refractivity (Wildman–Crippen MR) is 72.6 cm³/mol. The van der Waals surface area contributed by atoms with Crippen LogP contribution in [0.5, 0.6) is 0 Å². The van der Waals surface area contributed by atoms with Gasteiger partial charge in [0.15, 0.2) is 0 Å². The lowest BCUT2D eigenvalue weighted by Gasteiger charge is -2.31. The van der Waals surface area contributed by atoms with Crippen molar-refractivity contribution in [2.24, 2.45) is 0 Å². The van der Waals surface area contributed by atoms with Crippen molar-refractivity contribution in [3.05, 3.63) is 0 Å². The third-order valence-electron chi connectivity index (χ3n) is 3.59. The lowest BCUT2D eigenvalue weighted by atomic mass is 10.1. The van der Waals surface area contributed by atoms with Crippen molar-refractivity contribution in [1.29, 1.82) is 0 Å². The normalized spacial score (nSPS) is 22.5. The van der Waals surface area contributed by atoms with Crippen molar-refractivity contribution in [3.8, 4) is 0 Å². The minimum atomic E-state index is 0.272. The Morgan fingerprint density at radius 1 is 1.35 bits per heavy atom. The molecular weight excluding hydrogens is 234 g/mol. The molecule has 2 aliphatic rings. The Morgan fingerprint density at radius 3 is 2.82 bits per heavy atom. The smallest absolute Gasteiger partial charge is 0.320 e. The molecule has 2 fully saturated rings. The summed E-state index contributed by atoms with van der Waals surface area (Å²) in [7, 11) is 0. The van der Waals surface area contributed by atoms with E-state index in [-0.39, 0.29) is 6.03 Å². The van der Waals surface area contributed by atoms with E-state index in [2.05, 4.69) is 17.1 Å². The number of urea groups is 1. The summed E-state index contributed by atoms with van der Waals surface area (Å²) in [5, 5.41) is 3.35. The Kier molecular flexibility index (Phi) is 4.98. The Hall–Kier alpha value is -0.420. The summed E-state index contributed by atoms with van der Waals surface area (Å²) >= 11 is 1.91. The highest BCUT2D eigenvalue weighted by Crippen LogP contribution is 2.18. The van der Waals surface area contributed by atoms with Crippen molar-refractivity contribution in [1.82, 2.24) is 15.1 Å². The van der Waals surface area contributed by atoms with Crippen LogP contribution in [0.25, 0.3) is 0 Å². The van der Waals surface area contributed by atoms with Crippen molar-refractivity contribution in [3.63, 3.8) is 0 Å². The van der Waals surface area contributed by atoms with Crippen LogP contribution in [0.4, 0.5) is 4.79 Å². The molecule has 0 spiro atoms. The molecule has 0 aromatic heterocycles. The third kappa shape index (κ3) is 3.28. The number of rotatable bonds is 5. The molecular formula is C12H23N3OS. The number of nitrogens with zero attached hydrogens (tertiary/aromatic N) is 2. The summed E-state index contributed by atoms with van der Waals surface area (Å²) in [5.41, 5.74) is 0. The van der Waals surface area contributed by atoms with Gasteiger partial charge < -0.3 is 15.1 Å². The van der Waals surface area contributed by atoms with Crippen molar-refractivity contribution >= 4 is 17.8 Å². The quantitative estimate of drug-likeness (QED) is 0.753. The van der Waals surface area contributed by atoms with E-state index in [4.69, 9.17) is 0 Å². The fourth-order valence-electron chi connectivity index (χ4n) is 2.59. The number of carbonyl (C=O) groups is 1. The molecule has 2 rings (SSSR count). The molecule has 5 heteroatoms. The molecule has 98 valence electrons. The Balaban J connectivity index is 1.79. The van der Waals surface area contributed by atoms with Crippen LogP contribution in [0, 0.1) is 0 Å². The lowest BCUT2D eigenvalue weighted by Crippen LogP contribution is -2.45. The van der Waals surface area contributed by atoms with Gasteiger partial charge in [0.05, 0.1) is 0 Å². The van der Waals surface area contributed by atoms with Gasteiger partial charge in [-0.2, -0.15) is 11.8 Å². The molecule has 0 atom stereocenters. The van der Waals surface area contributed by atoms with Gasteiger partial charge in [0, 0.05) is 31.4 Å². The molecule has 2 heterocycles. The first-order valence-electron chi connectivity index (χ1n) is 6.67. The first-order valence-corrected chi connectivity index (χ1v) is 7.82. The summed E-state index contributed by atoms with van der Waals surface area (Å²) < 4.78 is 0. The van der Waals surface area contributed by atoms with Gasteiger partial charge in [-0.05, 0) is 31.7 Å². The summed E-state index contributed by atoms with van der Waals surface area (Å²) in [6, 6.07) is 0.751. The average molecular weight is 257 g/mol. The average Bonchev–Trinajstić information content (AvgIpc) is 2.73. The predicted octanol–water partition coefficient (Wildman–Crippen LogP) is 1.23. The molecule has 0 radical (unpaired) electrons. The largest absolute Gasteiger partial charge is 0.322 e. The molecule has 17 heavy (non-hydrogen) atoms. The first kappa shape index (κ1) is 13.0. The van der Waals surface area contributed by atoms with Crippen molar-refractivity contribution in [2.45, 2.75) is 25.8 Å². The molecule has 2 saturated heterocycles. The minimum Gasteiger partial charge on any atom is -0.322 e. The fourth-order valence-corrected chi connectivity index (χ4v) is 3.22. The van der Waals surface area contributed by atoms with Gasteiger partial charge in [-0.15, -0.1) is 0 Å². The Labute approximate surface area is 108 Å². The highest BCUT2D eigenvalue weighted by molar-refractivity contribution is 7.99. The van der Waals surface area contributed by atoms with Gasteiger partial charge in [-0.1, -0.05) is 6.92 Å². The standard InChI is InChI=1S/C12H23N3OS/c1-2-17-10-9-14-7-8-15(12(14)16)11-3-5-13-6-4-11/h11,13H,2-10H2,1H3. The first-order chi connectivity index (χ1) is 8.33. The van der Waals surface area contributed by atoms with Gasteiger partial charge in [0.25, 0.3) is 0 Å². The zero-order valence-corrected chi connectivity index (χ0v) is 11.5. The lowest BCUT2D eigenvalue weighted by molar-refractivity contribution is 0.167. The summed E-state index contributed by atoms with van der Waals surface area (Å²) in [5.74, 6) is 2.21. The van der Waals surface area contributed by atoms with E-state index in [0.29, 0.717) is 6.04 Å². The highest BCUT2D eigenvalue weighted by Gasteiger charge is 2.33. The molecule has 0 bridgehead atoms. The number of piperidine rings is 1. The second-order valence-corrected chi connectivity index (χ2v) is 6.03. The van der Waals surface area contributed by atoms with Crippen molar-refractivity contribution in [2.75, 3.05) is 44.2 Å². The van der Waals surface area contributed by atoms with Crippen LogP contribution in [-0.2, 0) is 0 Å². The molecule has 0 unspecified atom stereocenters. The van der Waals surface area contributed by atoms with E-state index in [0.717, 1.165) is 57.1 Å². The maximum atomic E-state index is 12.2. The van der Waals surface area contributed by atoms with Crippen molar-refractivity contribution < 1.29 is 4.79 Å². The van der Waals surface area contributed by atoms with E-state index in [1.54, 1.807) is 0 Å². The van der Waals surface area contributed by atoms with Gasteiger partial charge in [0.2, 0.25) is 0 Å². The topological polar surface area (TPSA) is 35.6 Å². The van der Waals surface area contributed by atoms with Crippen LogP contribution in [0.15, 0.2) is 0 Å². The monoisotopic (exact) mass is 257 g/mol. The van der Waals surface area contributed by atoms with Gasteiger partial charge in [-0.25, -0.2) is 4.79 Å². The number of carbonyl (C=O) groups excluding carboxylic acids is 1. The fraction of sp³-hybridized carbons (Fsp3) is 0.917. The maximum Gasteiger partial charge on any atom is 0.320 e. The Bertz CT molecular complexity index is 256. The van der Waals surface area contributed by atoms with Crippen LogP contribution in [0.3, 0.4) is 0 Å². The molecule has 0 aromatic rings. The summed E-state index contributed by atoms with van der Waals surface area (Å²) in [6.07, 6.45) is 2.23. The van der Waals surface area contributed by atoms with E-state index in [1.165, 1.54) is 0 Å². The van der Waals surface area contributed by atoms with E-state index in [9.17, 15) is 4.79 Å².